The maximum atomic E-state index is 12.7. The van der Waals surface area contributed by atoms with Crippen LogP contribution in [0.25, 0.3) is 0 Å². The van der Waals surface area contributed by atoms with Crippen LogP contribution in [0.2, 0.25) is 5.02 Å². The lowest BCUT2D eigenvalue weighted by Crippen LogP contribution is -2.52. The van der Waals surface area contributed by atoms with Crippen LogP contribution < -0.4 is 10.0 Å². The third-order valence-electron chi connectivity index (χ3n) is 4.78. The topological polar surface area (TPSA) is 111 Å². The third-order valence-corrected chi connectivity index (χ3v) is 6.69. The van der Waals surface area contributed by atoms with Crippen LogP contribution in [0.3, 0.4) is 0 Å². The molecule has 0 spiro atoms. The predicted octanol–water partition coefficient (Wildman–Crippen LogP) is 2.26. The van der Waals surface area contributed by atoms with E-state index in [1.807, 2.05) is 6.92 Å². The molecule has 1 amide bonds. The molecule has 8 nitrogen and oxygen atoms in total. The van der Waals surface area contributed by atoms with Crippen LogP contribution in [0.1, 0.15) is 49.9 Å². The first-order valence-electron chi connectivity index (χ1n) is 9.44. The normalized spacial score (nSPS) is 18.8. The van der Waals surface area contributed by atoms with Gasteiger partial charge >= 0.3 is 5.97 Å². The molecule has 1 aromatic rings. The van der Waals surface area contributed by atoms with Crippen LogP contribution in [-0.2, 0) is 24.3 Å². The summed E-state index contributed by atoms with van der Waals surface area (Å²) in [5.41, 5.74) is -1.16. The van der Waals surface area contributed by atoms with E-state index in [0.717, 1.165) is 12.8 Å². The molecule has 10 heteroatoms. The molecule has 162 valence electrons. The molecule has 1 aromatic carbocycles. The number of benzene rings is 1. The molecule has 0 radical (unpaired) electrons. The molecule has 0 saturated carbocycles. The van der Waals surface area contributed by atoms with Crippen molar-refractivity contribution in [3.05, 3.63) is 28.8 Å². The van der Waals surface area contributed by atoms with Crippen molar-refractivity contribution in [2.24, 2.45) is 0 Å². The van der Waals surface area contributed by atoms with Gasteiger partial charge in [0, 0.05) is 18.7 Å². The van der Waals surface area contributed by atoms with Gasteiger partial charge in [-0.3, -0.25) is 4.79 Å². The lowest BCUT2D eigenvalue weighted by atomic mass is 9.95. The summed E-state index contributed by atoms with van der Waals surface area (Å²) in [5, 5.41) is 2.64. The van der Waals surface area contributed by atoms with E-state index in [1.165, 1.54) is 25.3 Å². The van der Waals surface area contributed by atoms with Crippen molar-refractivity contribution >= 4 is 33.5 Å². The van der Waals surface area contributed by atoms with Gasteiger partial charge in [0.2, 0.25) is 10.0 Å². The maximum Gasteiger partial charge on any atom is 0.331 e. The van der Waals surface area contributed by atoms with Gasteiger partial charge < -0.3 is 14.8 Å². The van der Waals surface area contributed by atoms with Gasteiger partial charge in [-0.1, -0.05) is 24.9 Å². The van der Waals surface area contributed by atoms with Crippen LogP contribution in [0, 0.1) is 0 Å². The first-order valence-corrected chi connectivity index (χ1v) is 11.3. The van der Waals surface area contributed by atoms with Gasteiger partial charge in [0.25, 0.3) is 5.91 Å². The number of methoxy groups -OCH3 is 1. The van der Waals surface area contributed by atoms with Crippen molar-refractivity contribution in [1.82, 2.24) is 10.0 Å². The molecule has 0 bridgehead atoms. The molecule has 1 aliphatic rings. The van der Waals surface area contributed by atoms with Gasteiger partial charge in [-0.15, -0.1) is 0 Å². The Labute approximate surface area is 176 Å². The van der Waals surface area contributed by atoms with Gasteiger partial charge in [0.1, 0.15) is 10.4 Å². The zero-order chi connectivity index (χ0) is 21.7. The standard InChI is InChI=1S/C19H27ClN2O6S/c1-4-9-19(2,18(24)27-3)22-17(23)13-7-8-15(20)16(11-13)29(25,26)21-12-14-6-5-10-28-14/h7-8,11,14,21H,4-6,9-10,12H2,1-3H3,(H,22,23). The van der Waals surface area contributed by atoms with Crippen molar-refractivity contribution in [2.45, 2.75) is 56.1 Å². The zero-order valence-corrected chi connectivity index (χ0v) is 18.4. The average molecular weight is 447 g/mol. The Bertz CT molecular complexity index is 854. The molecule has 29 heavy (non-hydrogen) atoms. The molecular weight excluding hydrogens is 420 g/mol. The van der Waals surface area contributed by atoms with Gasteiger partial charge in [0.15, 0.2) is 0 Å². The number of nitrogens with one attached hydrogen (secondary N) is 2. The maximum absolute atomic E-state index is 12.7. The first kappa shape index (κ1) is 23.6. The summed E-state index contributed by atoms with van der Waals surface area (Å²) >= 11 is 6.08. The largest absolute Gasteiger partial charge is 0.467 e. The number of halogens is 1. The number of carbonyl (C=O) groups excluding carboxylic acids is 2. The number of esters is 1. The van der Waals surface area contributed by atoms with Gasteiger partial charge in [-0.05, 0) is 44.4 Å². The highest BCUT2D eigenvalue weighted by molar-refractivity contribution is 7.89. The summed E-state index contributed by atoms with van der Waals surface area (Å²) in [6.45, 7) is 4.18. The number of ether oxygens (including phenoxy) is 2. The van der Waals surface area contributed by atoms with Crippen LogP contribution in [0.4, 0.5) is 0 Å². The van der Waals surface area contributed by atoms with E-state index in [2.05, 4.69) is 10.0 Å². The highest BCUT2D eigenvalue weighted by atomic mass is 35.5. The van der Waals surface area contributed by atoms with Crippen LogP contribution in [-0.4, -0.2) is 52.2 Å². The Morgan fingerprint density at radius 1 is 1.38 bits per heavy atom. The molecule has 1 heterocycles. The number of sulfonamides is 1. The molecule has 0 aliphatic carbocycles. The number of rotatable bonds is 9. The van der Waals surface area contributed by atoms with Crippen LogP contribution >= 0.6 is 11.6 Å². The lowest BCUT2D eigenvalue weighted by molar-refractivity contribution is -0.147. The summed E-state index contributed by atoms with van der Waals surface area (Å²) in [7, 11) is -2.70. The van der Waals surface area contributed by atoms with Crippen molar-refractivity contribution in [1.29, 1.82) is 0 Å². The molecule has 2 N–H and O–H groups in total. The molecule has 1 saturated heterocycles. The van der Waals surface area contributed by atoms with Crippen molar-refractivity contribution in [3.63, 3.8) is 0 Å². The van der Waals surface area contributed by atoms with Crippen LogP contribution in [0.15, 0.2) is 23.1 Å². The zero-order valence-electron chi connectivity index (χ0n) is 16.8. The molecule has 2 atom stereocenters. The minimum Gasteiger partial charge on any atom is -0.467 e. The van der Waals surface area contributed by atoms with Gasteiger partial charge in [-0.2, -0.15) is 0 Å². The van der Waals surface area contributed by atoms with Gasteiger partial charge in [0.05, 0.1) is 18.2 Å². The summed E-state index contributed by atoms with van der Waals surface area (Å²) in [4.78, 5) is 24.6. The SMILES string of the molecule is CCCC(C)(NC(=O)c1ccc(Cl)c(S(=O)(=O)NCC2CCCO2)c1)C(=O)OC. The minimum absolute atomic E-state index is 0.00863. The fraction of sp³-hybridized carbons (Fsp3) is 0.579. The summed E-state index contributed by atoms with van der Waals surface area (Å²) in [6, 6.07) is 3.94. The second kappa shape index (κ2) is 9.88. The number of hydrogen-bond acceptors (Lipinski definition) is 6. The molecule has 0 aromatic heterocycles. The quantitative estimate of drug-likeness (QED) is 0.563. The predicted molar refractivity (Wildman–Crippen MR) is 108 cm³/mol. The molecule has 2 rings (SSSR count). The van der Waals surface area contributed by atoms with E-state index in [1.54, 1.807) is 6.92 Å². The number of hydrogen-bond donors (Lipinski definition) is 2. The second-order valence-corrected chi connectivity index (χ2v) is 9.30. The Hall–Kier alpha value is -1.68. The van der Waals surface area contributed by atoms with Crippen LogP contribution in [0.5, 0.6) is 0 Å². The van der Waals surface area contributed by atoms with E-state index in [9.17, 15) is 18.0 Å². The molecule has 1 aliphatic heterocycles. The second-order valence-electron chi connectivity index (χ2n) is 7.16. The highest BCUT2D eigenvalue weighted by Crippen LogP contribution is 2.24. The van der Waals surface area contributed by atoms with Crippen molar-refractivity contribution in [2.75, 3.05) is 20.3 Å². The summed E-state index contributed by atoms with van der Waals surface area (Å²) in [5.74, 6) is -1.17. The van der Waals surface area contributed by atoms with E-state index in [4.69, 9.17) is 21.1 Å². The Morgan fingerprint density at radius 2 is 2.10 bits per heavy atom. The third kappa shape index (κ3) is 5.91. The Kier molecular flexibility index (Phi) is 8.04. The minimum atomic E-state index is -3.94. The van der Waals surface area contributed by atoms with E-state index in [0.29, 0.717) is 19.4 Å². The molecule has 1 fully saturated rings. The van der Waals surface area contributed by atoms with Crippen molar-refractivity contribution in [3.8, 4) is 0 Å². The van der Waals surface area contributed by atoms with E-state index < -0.39 is 27.4 Å². The van der Waals surface area contributed by atoms with Gasteiger partial charge in [-0.25, -0.2) is 17.9 Å². The van der Waals surface area contributed by atoms with E-state index in [-0.39, 0.29) is 28.1 Å². The molecule has 2 unspecified atom stereocenters. The van der Waals surface area contributed by atoms with Crippen molar-refractivity contribution < 1.29 is 27.5 Å². The average Bonchev–Trinajstić information content (AvgIpc) is 3.19. The fourth-order valence-electron chi connectivity index (χ4n) is 3.20. The smallest absolute Gasteiger partial charge is 0.331 e. The lowest BCUT2D eigenvalue weighted by Gasteiger charge is -2.27. The highest BCUT2D eigenvalue weighted by Gasteiger charge is 2.35. The first-order chi connectivity index (χ1) is 13.6. The number of carbonyl (C=O) groups is 2. The van der Waals surface area contributed by atoms with E-state index >= 15 is 0 Å². The Balaban J connectivity index is 2.22. The Morgan fingerprint density at radius 3 is 2.69 bits per heavy atom. The molecular formula is C19H27ClN2O6S. The summed E-state index contributed by atoms with van der Waals surface area (Å²) < 4.78 is 38.0. The fourth-order valence-corrected chi connectivity index (χ4v) is 4.79. The monoisotopic (exact) mass is 446 g/mol. The summed E-state index contributed by atoms with van der Waals surface area (Å²) in [6.07, 6.45) is 2.50. The number of amides is 1.